The van der Waals surface area contributed by atoms with Crippen LogP contribution in [0, 0.1) is 0 Å². The average molecular weight is 344 g/mol. The molecule has 0 radical (unpaired) electrons. The molecule has 1 aromatic heterocycles. The molecule has 0 atom stereocenters. The predicted molar refractivity (Wildman–Crippen MR) is 92.5 cm³/mol. The summed E-state index contributed by atoms with van der Waals surface area (Å²) in [6, 6.07) is 8.31. The molecule has 0 saturated carbocycles. The average Bonchev–Trinajstić information content (AvgIpc) is 2.97. The van der Waals surface area contributed by atoms with Crippen molar-refractivity contribution in [1.82, 2.24) is 0 Å². The summed E-state index contributed by atoms with van der Waals surface area (Å²) in [5.41, 5.74) is 2.58. The Kier molecular flexibility index (Phi) is 1.78. The lowest BCUT2D eigenvalue weighted by Gasteiger charge is -2.17. The van der Waals surface area contributed by atoms with Gasteiger partial charge in [0.05, 0.1) is 33.3 Å². The number of methoxy groups -OCH3 is 2. The molecular formula is C20H18NO4+. The molecule has 5 nitrogen and oxygen atoms in total. The van der Waals surface area contributed by atoms with E-state index in [1.807, 2.05) is 10.6 Å². The molecule has 0 saturated heterocycles. The van der Waals surface area contributed by atoms with Gasteiger partial charge >= 0.3 is 0 Å². The van der Waals surface area contributed by atoms with Crippen LogP contribution < -0.4 is 23.5 Å². The molecular weight excluding hydrogens is 318 g/mol. The quantitative estimate of drug-likeness (QED) is 0.670. The molecule has 0 fully saturated rings. The van der Waals surface area contributed by atoms with Crippen LogP contribution in [0.3, 0.4) is 0 Å². The molecule has 2 aliphatic heterocycles. The van der Waals surface area contributed by atoms with Crippen molar-refractivity contribution in [2.24, 2.45) is 0 Å². The number of nitrogens with zero attached hydrogens (tertiary/aromatic N) is 1. The van der Waals surface area contributed by atoms with Crippen molar-refractivity contribution in [3.63, 3.8) is 0 Å². The van der Waals surface area contributed by atoms with Crippen molar-refractivity contribution in [3.8, 4) is 34.3 Å². The zero-order chi connectivity index (χ0) is 23.8. The van der Waals surface area contributed by atoms with Gasteiger partial charge in [0, 0.05) is 12.5 Å². The highest BCUT2D eigenvalue weighted by Gasteiger charge is 2.28. The highest BCUT2D eigenvalue weighted by atomic mass is 16.7. The lowest BCUT2D eigenvalue weighted by molar-refractivity contribution is -0.686. The second kappa shape index (κ2) is 5.28. The molecule has 0 spiro atoms. The van der Waals surface area contributed by atoms with E-state index in [0.717, 1.165) is 16.8 Å². The first-order valence-corrected chi connectivity index (χ1v) is 7.72. The normalized spacial score (nSPS) is 21.9. The van der Waals surface area contributed by atoms with Crippen LogP contribution in [-0.4, -0.2) is 20.8 Å². The molecule has 0 aliphatic carbocycles. The summed E-state index contributed by atoms with van der Waals surface area (Å²) in [5, 5.41) is 0.997. The van der Waals surface area contributed by atoms with E-state index in [4.69, 9.17) is 29.9 Å². The molecule has 126 valence electrons. The summed E-state index contributed by atoms with van der Waals surface area (Å²) in [4.78, 5) is 0. The van der Waals surface area contributed by atoms with Gasteiger partial charge in [-0.15, -0.1) is 0 Å². The zero-order valence-electron chi connectivity index (χ0n) is 21.0. The van der Waals surface area contributed by atoms with Crippen molar-refractivity contribution in [2.45, 2.75) is 13.0 Å². The van der Waals surface area contributed by atoms with Gasteiger partial charge < -0.3 is 18.9 Å². The maximum absolute atomic E-state index is 7.68. The van der Waals surface area contributed by atoms with E-state index < -0.39 is 20.8 Å². The van der Waals surface area contributed by atoms with Crippen LogP contribution in [0.4, 0.5) is 0 Å². The Balaban J connectivity index is 1.67. The maximum atomic E-state index is 7.68. The Labute approximate surface area is 156 Å². The second-order valence-electron chi connectivity index (χ2n) is 5.95. The van der Waals surface area contributed by atoms with Gasteiger partial charge in [-0.2, -0.15) is 4.57 Å². The fourth-order valence-corrected chi connectivity index (χ4v) is 3.47. The van der Waals surface area contributed by atoms with E-state index in [0.29, 0.717) is 35.2 Å². The molecule has 3 aromatic rings. The number of aromatic nitrogens is 1. The van der Waals surface area contributed by atoms with Gasteiger partial charge in [0.15, 0.2) is 35.7 Å². The Bertz CT molecular complexity index is 1290. The number of fused-ring (bicyclic) bond motifs is 5. The van der Waals surface area contributed by atoms with Gasteiger partial charge in [0.25, 0.3) is 0 Å². The number of hydrogen-bond donors (Lipinski definition) is 0. The number of aryl methyl sites for hydroxylation is 2. The van der Waals surface area contributed by atoms with E-state index >= 15 is 0 Å². The summed E-state index contributed by atoms with van der Waals surface area (Å²) < 4.78 is 82.6. The molecule has 25 heavy (non-hydrogen) atoms. The molecule has 0 bridgehead atoms. The number of pyridine rings is 1. The molecule has 5 heteroatoms. The Morgan fingerprint density at radius 1 is 1.12 bits per heavy atom. The van der Waals surface area contributed by atoms with Gasteiger partial charge in [-0.3, -0.25) is 0 Å². The fourth-order valence-electron chi connectivity index (χ4n) is 3.47. The van der Waals surface area contributed by atoms with E-state index in [-0.39, 0.29) is 11.5 Å². The third-order valence-electron chi connectivity index (χ3n) is 4.66. The minimum atomic E-state index is -2.81. The van der Waals surface area contributed by atoms with Gasteiger partial charge in [-0.1, -0.05) is 0 Å². The summed E-state index contributed by atoms with van der Waals surface area (Å²) in [5.74, 6) is 0.262. The van der Waals surface area contributed by atoms with Crippen LogP contribution in [-0.2, 0) is 13.0 Å². The van der Waals surface area contributed by atoms with Crippen LogP contribution >= 0.6 is 0 Å². The van der Waals surface area contributed by atoms with Crippen LogP contribution in [0.2, 0.25) is 0 Å². The summed E-state index contributed by atoms with van der Waals surface area (Å²) >= 11 is 0. The molecule has 2 aromatic carbocycles. The lowest BCUT2D eigenvalue weighted by Crippen LogP contribution is -2.40. The van der Waals surface area contributed by atoms with Gasteiger partial charge in [0.2, 0.25) is 12.4 Å². The molecule has 5 rings (SSSR count). The molecule has 0 N–H and O–H groups in total. The van der Waals surface area contributed by atoms with Crippen LogP contribution in [0.15, 0.2) is 36.5 Å². The fraction of sp³-hybridized carbons (Fsp3) is 0.250. The zero-order valence-corrected chi connectivity index (χ0v) is 13.0. The maximum Gasteiger partial charge on any atom is 0.231 e. The molecule has 2 aliphatic rings. The van der Waals surface area contributed by atoms with Crippen LogP contribution in [0.1, 0.15) is 16.5 Å². The lowest BCUT2D eigenvalue weighted by atomic mass is 9.95. The second-order valence-corrected chi connectivity index (χ2v) is 5.95. The molecule has 0 unspecified atom stereocenters. The first-order chi connectivity index (χ1) is 15.3. The van der Waals surface area contributed by atoms with Gasteiger partial charge in [-0.05, 0) is 35.2 Å². The number of hydrogen-bond acceptors (Lipinski definition) is 4. The highest BCUT2D eigenvalue weighted by molar-refractivity contribution is 5.91. The van der Waals surface area contributed by atoms with Crippen LogP contribution in [0.5, 0.6) is 23.0 Å². The first-order valence-electron chi connectivity index (χ1n) is 11.7. The Morgan fingerprint density at radius 3 is 2.88 bits per heavy atom. The minimum absolute atomic E-state index is 0.177. The van der Waals surface area contributed by atoms with Crippen molar-refractivity contribution in [1.29, 1.82) is 0 Å². The van der Waals surface area contributed by atoms with Crippen LogP contribution in [0.25, 0.3) is 22.0 Å². The summed E-state index contributed by atoms with van der Waals surface area (Å²) in [6.45, 7) is -1.69. The Hall–Kier alpha value is -2.95. The SMILES string of the molecule is [2H]C([2H])([2H])Oc1ccc2cc3[n+](cc2c1OC([2H])([2H])[2H])CCc1cc2c(cc1-3)OC([2H])([2H])O2. The molecule has 0 amide bonds. The van der Waals surface area contributed by atoms with E-state index in [1.54, 1.807) is 24.4 Å². The van der Waals surface area contributed by atoms with Crippen molar-refractivity contribution < 1.29 is 34.5 Å². The first kappa shape index (κ1) is 8.43. The third kappa shape index (κ3) is 2.05. The monoisotopic (exact) mass is 344 g/mol. The minimum Gasteiger partial charge on any atom is -0.493 e. The smallest absolute Gasteiger partial charge is 0.231 e. The topological polar surface area (TPSA) is 40.8 Å². The largest absolute Gasteiger partial charge is 0.493 e. The number of rotatable bonds is 2. The van der Waals surface area contributed by atoms with E-state index in [2.05, 4.69) is 0 Å². The number of benzene rings is 2. The third-order valence-corrected chi connectivity index (χ3v) is 4.66. The molecule has 3 heterocycles. The number of ether oxygens (including phenoxy) is 4. The standard InChI is InChI=1S/C20H18NO4/c1-22-17-4-3-12-7-16-14-9-19-18(24-11-25-19)8-13(14)5-6-21(16)10-15(12)20(17)23-2/h3-4,7-10H,5-6,11H2,1-2H3/q+1/i1D3,2D3,11D2. The van der Waals surface area contributed by atoms with Crippen molar-refractivity contribution >= 4 is 10.8 Å². The highest BCUT2D eigenvalue weighted by Crippen LogP contribution is 2.41. The van der Waals surface area contributed by atoms with Gasteiger partial charge in [-0.25, -0.2) is 0 Å². The van der Waals surface area contributed by atoms with Crippen molar-refractivity contribution in [2.75, 3.05) is 20.8 Å². The van der Waals surface area contributed by atoms with Gasteiger partial charge in [0.1, 0.15) is 2.74 Å². The predicted octanol–water partition coefficient (Wildman–Crippen LogP) is 3.10. The summed E-state index contributed by atoms with van der Waals surface area (Å²) in [7, 11) is -5.60. The summed E-state index contributed by atoms with van der Waals surface area (Å²) in [6.07, 6.45) is 2.31. The Morgan fingerprint density at radius 2 is 2.00 bits per heavy atom. The van der Waals surface area contributed by atoms with E-state index in [9.17, 15) is 0 Å². The van der Waals surface area contributed by atoms with E-state index in [1.165, 1.54) is 6.07 Å². The van der Waals surface area contributed by atoms with Crippen molar-refractivity contribution in [3.05, 3.63) is 42.1 Å².